The number of rotatable bonds is 2. The normalized spacial score (nSPS) is 32.7. The maximum Gasteiger partial charge on any atom is 0.0412 e. The molecular weight excluding hydrogens is 310 g/mol. The Labute approximate surface area is 131 Å². The minimum absolute atomic E-state index is 0.728. The van der Waals surface area contributed by atoms with Crippen LogP contribution in [0.5, 0.6) is 0 Å². The number of hydrogen-bond donors (Lipinski definition) is 1. The molecule has 0 spiro atoms. The maximum absolute atomic E-state index is 3.73. The largest absolute Gasteiger partial charge is 0.359 e. The number of halogens is 1. The van der Waals surface area contributed by atoms with Crippen LogP contribution in [-0.4, -0.2) is 0 Å². The van der Waals surface area contributed by atoms with Gasteiger partial charge in [0.05, 0.1) is 0 Å². The molecule has 2 aliphatic rings. The molecule has 108 valence electrons. The van der Waals surface area contributed by atoms with Crippen LogP contribution in [0.25, 0.3) is 0 Å². The van der Waals surface area contributed by atoms with Crippen molar-refractivity contribution in [3.63, 3.8) is 0 Å². The average Bonchev–Trinajstić information content (AvgIpc) is 2.69. The highest BCUT2D eigenvalue weighted by atomic mass is 79.9. The SMILES string of the molecule is Cc1cc(Br)ccc1NC1=CC(C)[C@@H]2CC[C@@H](C)C[C@@H]12. The summed E-state index contributed by atoms with van der Waals surface area (Å²) >= 11 is 3.54. The van der Waals surface area contributed by atoms with Crippen molar-refractivity contribution in [3.8, 4) is 0 Å². The quantitative estimate of drug-likeness (QED) is 0.725. The third-order valence-corrected chi connectivity index (χ3v) is 5.64. The van der Waals surface area contributed by atoms with Gasteiger partial charge in [0.2, 0.25) is 0 Å². The monoisotopic (exact) mass is 333 g/mol. The lowest BCUT2D eigenvalue weighted by Crippen LogP contribution is -2.26. The molecule has 1 nitrogen and oxygen atoms in total. The highest BCUT2D eigenvalue weighted by Gasteiger charge is 2.38. The van der Waals surface area contributed by atoms with Crippen LogP contribution >= 0.6 is 15.9 Å². The molecule has 2 heteroatoms. The molecule has 1 N–H and O–H groups in total. The minimum Gasteiger partial charge on any atom is -0.359 e. The molecule has 3 rings (SSSR count). The van der Waals surface area contributed by atoms with E-state index in [0.717, 1.165) is 28.1 Å². The van der Waals surface area contributed by atoms with Crippen LogP contribution in [-0.2, 0) is 0 Å². The van der Waals surface area contributed by atoms with E-state index in [1.165, 1.54) is 36.2 Å². The lowest BCUT2D eigenvalue weighted by atomic mass is 9.73. The van der Waals surface area contributed by atoms with E-state index < -0.39 is 0 Å². The van der Waals surface area contributed by atoms with Crippen molar-refractivity contribution < 1.29 is 0 Å². The number of nitrogens with one attached hydrogen (secondary N) is 1. The molecule has 0 aliphatic heterocycles. The second-order valence-electron chi connectivity index (χ2n) is 6.75. The first-order valence-corrected chi connectivity index (χ1v) is 8.59. The first-order valence-electron chi connectivity index (χ1n) is 7.79. The summed E-state index contributed by atoms with van der Waals surface area (Å²) in [5, 5.41) is 3.73. The maximum atomic E-state index is 3.73. The smallest absolute Gasteiger partial charge is 0.0412 e. The lowest BCUT2D eigenvalue weighted by Gasteiger charge is -2.34. The van der Waals surface area contributed by atoms with Gasteiger partial charge in [-0.05, 0) is 61.3 Å². The molecule has 0 saturated heterocycles. The van der Waals surface area contributed by atoms with E-state index in [4.69, 9.17) is 0 Å². The van der Waals surface area contributed by atoms with E-state index in [0.29, 0.717) is 0 Å². The molecular formula is C18H24BrN. The van der Waals surface area contributed by atoms with Crippen LogP contribution in [0.15, 0.2) is 34.4 Å². The third-order valence-electron chi connectivity index (χ3n) is 5.15. The molecule has 1 aromatic rings. The van der Waals surface area contributed by atoms with Gasteiger partial charge < -0.3 is 5.32 Å². The summed E-state index contributed by atoms with van der Waals surface area (Å²) in [6.07, 6.45) is 6.64. The second-order valence-corrected chi connectivity index (χ2v) is 7.67. The Hall–Kier alpha value is -0.760. The van der Waals surface area contributed by atoms with Crippen LogP contribution in [0, 0.1) is 30.6 Å². The van der Waals surface area contributed by atoms with Gasteiger partial charge in [0, 0.05) is 21.8 Å². The van der Waals surface area contributed by atoms with Crippen LogP contribution in [0.4, 0.5) is 5.69 Å². The van der Waals surface area contributed by atoms with Gasteiger partial charge in [0.25, 0.3) is 0 Å². The average molecular weight is 334 g/mol. The molecule has 20 heavy (non-hydrogen) atoms. The van der Waals surface area contributed by atoms with Gasteiger partial charge in [0.1, 0.15) is 0 Å². The number of fused-ring (bicyclic) bond motifs is 1. The Morgan fingerprint density at radius 1 is 1.20 bits per heavy atom. The number of hydrogen-bond acceptors (Lipinski definition) is 1. The molecule has 0 amide bonds. The van der Waals surface area contributed by atoms with E-state index in [2.05, 4.69) is 66.3 Å². The highest BCUT2D eigenvalue weighted by Crippen LogP contribution is 2.47. The summed E-state index contributed by atoms with van der Waals surface area (Å²) in [7, 11) is 0. The first kappa shape index (κ1) is 14.2. The Kier molecular flexibility index (Phi) is 3.94. The van der Waals surface area contributed by atoms with Crippen LogP contribution in [0.2, 0.25) is 0 Å². The van der Waals surface area contributed by atoms with Gasteiger partial charge >= 0.3 is 0 Å². The van der Waals surface area contributed by atoms with Crippen LogP contribution < -0.4 is 5.32 Å². The predicted octanol–water partition coefficient (Wildman–Crippen LogP) is 5.76. The summed E-state index contributed by atoms with van der Waals surface area (Å²) in [5.74, 6) is 3.21. The Morgan fingerprint density at radius 3 is 2.75 bits per heavy atom. The zero-order chi connectivity index (χ0) is 14.3. The van der Waals surface area contributed by atoms with E-state index in [-0.39, 0.29) is 0 Å². The van der Waals surface area contributed by atoms with Gasteiger partial charge in [-0.1, -0.05) is 42.3 Å². The van der Waals surface area contributed by atoms with Crippen molar-refractivity contribution in [2.45, 2.75) is 40.0 Å². The zero-order valence-electron chi connectivity index (χ0n) is 12.6. The molecule has 1 aromatic carbocycles. The van der Waals surface area contributed by atoms with Crippen molar-refractivity contribution in [1.29, 1.82) is 0 Å². The summed E-state index contributed by atoms with van der Waals surface area (Å²) in [6.45, 7) is 6.96. The number of anilines is 1. The molecule has 0 bridgehead atoms. The van der Waals surface area contributed by atoms with Crippen LogP contribution in [0.1, 0.15) is 38.7 Å². The second kappa shape index (κ2) is 5.55. The van der Waals surface area contributed by atoms with Gasteiger partial charge in [-0.15, -0.1) is 0 Å². The fraction of sp³-hybridized carbons (Fsp3) is 0.556. The number of allylic oxidation sites excluding steroid dienone is 2. The highest BCUT2D eigenvalue weighted by molar-refractivity contribution is 9.10. The van der Waals surface area contributed by atoms with E-state index in [9.17, 15) is 0 Å². The standard InChI is InChI=1S/C18H24BrN/c1-11-4-6-15-12(2)10-18(16(15)8-11)20-17-7-5-14(19)9-13(17)3/h5,7,9-12,15-16,20H,4,6,8H2,1-3H3/t11-,12?,15+,16-/m1/s1. The zero-order valence-corrected chi connectivity index (χ0v) is 14.2. The predicted molar refractivity (Wildman–Crippen MR) is 89.7 cm³/mol. The Morgan fingerprint density at radius 2 is 2.00 bits per heavy atom. The summed E-state index contributed by atoms with van der Waals surface area (Å²) in [4.78, 5) is 0. The van der Waals surface area contributed by atoms with Crippen LogP contribution in [0.3, 0.4) is 0 Å². The molecule has 1 unspecified atom stereocenters. The third kappa shape index (κ3) is 2.67. The van der Waals surface area contributed by atoms with Gasteiger partial charge in [0.15, 0.2) is 0 Å². The molecule has 2 aliphatic carbocycles. The summed E-state index contributed by atoms with van der Waals surface area (Å²) in [6, 6.07) is 6.49. The van der Waals surface area contributed by atoms with Gasteiger partial charge in [-0.2, -0.15) is 0 Å². The lowest BCUT2D eigenvalue weighted by molar-refractivity contribution is 0.203. The van der Waals surface area contributed by atoms with E-state index in [1.807, 2.05) is 0 Å². The minimum atomic E-state index is 0.728. The molecule has 1 saturated carbocycles. The number of benzene rings is 1. The number of aryl methyl sites for hydroxylation is 1. The summed E-state index contributed by atoms with van der Waals surface area (Å²) in [5.41, 5.74) is 4.03. The van der Waals surface area contributed by atoms with E-state index in [1.54, 1.807) is 0 Å². The molecule has 0 heterocycles. The molecule has 0 radical (unpaired) electrons. The van der Waals surface area contributed by atoms with Gasteiger partial charge in [-0.3, -0.25) is 0 Å². The van der Waals surface area contributed by atoms with Crippen molar-refractivity contribution in [2.24, 2.45) is 23.7 Å². The topological polar surface area (TPSA) is 12.0 Å². The first-order chi connectivity index (χ1) is 9.54. The molecule has 4 atom stereocenters. The van der Waals surface area contributed by atoms with Crippen molar-refractivity contribution in [2.75, 3.05) is 5.32 Å². The Bertz CT molecular complexity index is 534. The van der Waals surface area contributed by atoms with Crippen molar-refractivity contribution >= 4 is 21.6 Å². The molecule has 1 fully saturated rings. The fourth-order valence-electron chi connectivity index (χ4n) is 3.98. The summed E-state index contributed by atoms with van der Waals surface area (Å²) < 4.78 is 1.15. The fourth-order valence-corrected chi connectivity index (χ4v) is 4.45. The van der Waals surface area contributed by atoms with Gasteiger partial charge in [-0.25, -0.2) is 0 Å². The Balaban J connectivity index is 1.81. The van der Waals surface area contributed by atoms with E-state index >= 15 is 0 Å². The van der Waals surface area contributed by atoms with Crippen molar-refractivity contribution in [3.05, 3.63) is 40.0 Å². The molecule has 0 aromatic heterocycles. The van der Waals surface area contributed by atoms with Crippen molar-refractivity contribution in [1.82, 2.24) is 0 Å².